The van der Waals surface area contributed by atoms with Crippen LogP contribution >= 0.6 is 11.3 Å². The average molecular weight is 207 g/mol. The van der Waals surface area contributed by atoms with Crippen LogP contribution in [0.1, 0.15) is 25.5 Å². The van der Waals surface area contributed by atoms with Gasteiger partial charge in [0.15, 0.2) is 0 Å². The molecule has 0 aliphatic heterocycles. The van der Waals surface area contributed by atoms with Crippen LogP contribution in [0.25, 0.3) is 10.1 Å². The van der Waals surface area contributed by atoms with Crippen LogP contribution in [0, 0.1) is 0 Å². The van der Waals surface area contributed by atoms with Crippen molar-refractivity contribution < 1.29 is 0 Å². The van der Waals surface area contributed by atoms with Gasteiger partial charge in [-0.25, -0.2) is 0 Å². The Balaban J connectivity index is 2.43. The number of thiophene rings is 1. The summed E-state index contributed by atoms with van der Waals surface area (Å²) in [6.07, 6.45) is 3.26. The van der Waals surface area contributed by atoms with E-state index in [4.69, 9.17) is 0 Å². The molecular weight excluding hydrogens is 194 g/mol. The molecule has 0 amide bonds. The van der Waals surface area contributed by atoms with Crippen molar-refractivity contribution in [1.29, 1.82) is 0 Å². The number of unbranched alkanes of at least 4 members (excludes halogenated alkanes) is 1. The molecule has 0 radical (unpaired) electrons. The highest BCUT2D eigenvalue weighted by Gasteiger charge is 2.02. The highest BCUT2D eigenvalue weighted by atomic mass is 32.1. The molecule has 2 aromatic heterocycles. The van der Waals surface area contributed by atoms with Crippen LogP contribution in [-0.4, -0.2) is 4.98 Å². The van der Waals surface area contributed by atoms with E-state index in [1.54, 1.807) is 0 Å². The van der Waals surface area contributed by atoms with Crippen LogP contribution < -0.4 is 5.56 Å². The lowest BCUT2D eigenvalue weighted by Gasteiger charge is -1.99. The number of aromatic amines is 1. The SMILES string of the molecule is CCCCc1cc2ccsc2c(=O)[nH]1. The van der Waals surface area contributed by atoms with Crippen molar-refractivity contribution in [2.24, 2.45) is 0 Å². The third kappa shape index (κ3) is 1.73. The number of rotatable bonds is 3. The highest BCUT2D eigenvalue weighted by Crippen LogP contribution is 2.17. The fourth-order valence-corrected chi connectivity index (χ4v) is 2.32. The fourth-order valence-electron chi connectivity index (χ4n) is 1.55. The molecule has 2 rings (SSSR count). The highest BCUT2D eigenvalue weighted by molar-refractivity contribution is 7.17. The van der Waals surface area contributed by atoms with Gasteiger partial charge in [-0.2, -0.15) is 0 Å². The molecule has 1 N–H and O–H groups in total. The second kappa shape index (κ2) is 3.96. The summed E-state index contributed by atoms with van der Waals surface area (Å²) in [5.74, 6) is 0. The summed E-state index contributed by atoms with van der Waals surface area (Å²) in [6.45, 7) is 2.15. The minimum atomic E-state index is 0.0589. The summed E-state index contributed by atoms with van der Waals surface area (Å²) in [7, 11) is 0. The number of fused-ring (bicyclic) bond motifs is 1. The molecule has 14 heavy (non-hydrogen) atoms. The van der Waals surface area contributed by atoms with Gasteiger partial charge in [-0.15, -0.1) is 11.3 Å². The molecule has 0 bridgehead atoms. The molecular formula is C11H13NOS. The summed E-state index contributed by atoms with van der Waals surface area (Å²) in [6, 6.07) is 4.09. The normalized spacial score (nSPS) is 10.9. The summed E-state index contributed by atoms with van der Waals surface area (Å²) < 4.78 is 0.838. The Kier molecular flexibility index (Phi) is 2.68. The summed E-state index contributed by atoms with van der Waals surface area (Å²) in [5, 5.41) is 3.04. The van der Waals surface area contributed by atoms with Crippen molar-refractivity contribution in [2.45, 2.75) is 26.2 Å². The molecule has 2 nitrogen and oxygen atoms in total. The quantitative estimate of drug-likeness (QED) is 0.824. The van der Waals surface area contributed by atoms with E-state index in [1.165, 1.54) is 11.3 Å². The summed E-state index contributed by atoms with van der Waals surface area (Å²) >= 11 is 1.50. The number of pyridine rings is 1. The van der Waals surface area contributed by atoms with Crippen molar-refractivity contribution in [3.8, 4) is 0 Å². The molecule has 0 aromatic carbocycles. The largest absolute Gasteiger partial charge is 0.325 e. The van der Waals surface area contributed by atoms with E-state index < -0.39 is 0 Å². The molecule has 2 heterocycles. The number of aromatic nitrogens is 1. The number of hydrogen-bond acceptors (Lipinski definition) is 2. The molecule has 74 valence electrons. The number of H-pyrrole nitrogens is 1. The number of aryl methyl sites for hydroxylation is 1. The van der Waals surface area contributed by atoms with Gasteiger partial charge in [-0.3, -0.25) is 4.79 Å². The van der Waals surface area contributed by atoms with Crippen LogP contribution in [0.15, 0.2) is 22.3 Å². The standard InChI is InChI=1S/C11H13NOS/c1-2-3-4-9-7-8-5-6-14-10(8)11(13)12-9/h5-7H,2-4H2,1H3,(H,12,13). The van der Waals surface area contributed by atoms with E-state index in [2.05, 4.69) is 18.0 Å². The molecule has 0 aliphatic rings. The Morgan fingerprint density at radius 1 is 1.50 bits per heavy atom. The van der Waals surface area contributed by atoms with Crippen LogP contribution in [0.4, 0.5) is 0 Å². The van der Waals surface area contributed by atoms with Crippen LogP contribution in [-0.2, 0) is 6.42 Å². The van der Waals surface area contributed by atoms with Crippen molar-refractivity contribution in [1.82, 2.24) is 4.98 Å². The Morgan fingerprint density at radius 2 is 2.36 bits per heavy atom. The van der Waals surface area contributed by atoms with Crippen LogP contribution in [0.2, 0.25) is 0 Å². The second-order valence-corrected chi connectivity index (χ2v) is 4.35. The zero-order valence-corrected chi connectivity index (χ0v) is 8.99. The minimum Gasteiger partial charge on any atom is -0.325 e. The third-order valence-corrected chi connectivity index (χ3v) is 3.23. The van der Waals surface area contributed by atoms with Gasteiger partial charge in [0, 0.05) is 5.69 Å². The van der Waals surface area contributed by atoms with Crippen molar-refractivity contribution in [3.63, 3.8) is 0 Å². The Bertz CT molecular complexity index is 483. The zero-order chi connectivity index (χ0) is 9.97. The first-order valence-electron chi connectivity index (χ1n) is 4.90. The lowest BCUT2D eigenvalue weighted by atomic mass is 10.1. The van der Waals surface area contributed by atoms with E-state index in [0.29, 0.717) is 0 Å². The molecule has 0 spiro atoms. The topological polar surface area (TPSA) is 32.9 Å². The van der Waals surface area contributed by atoms with Gasteiger partial charge < -0.3 is 4.98 Å². The molecule has 0 saturated carbocycles. The first-order valence-corrected chi connectivity index (χ1v) is 5.78. The van der Waals surface area contributed by atoms with E-state index in [9.17, 15) is 4.79 Å². The van der Waals surface area contributed by atoms with E-state index in [0.717, 1.165) is 35.0 Å². The van der Waals surface area contributed by atoms with Gasteiger partial charge in [-0.05, 0) is 35.7 Å². The van der Waals surface area contributed by atoms with Crippen molar-refractivity contribution in [3.05, 3.63) is 33.6 Å². The molecule has 2 aromatic rings. The average Bonchev–Trinajstić information content (AvgIpc) is 2.63. The summed E-state index contributed by atoms with van der Waals surface area (Å²) in [5.41, 5.74) is 1.12. The molecule has 0 saturated heterocycles. The van der Waals surface area contributed by atoms with Gasteiger partial charge in [0.25, 0.3) is 5.56 Å². The Hall–Kier alpha value is -1.09. The maximum absolute atomic E-state index is 11.6. The molecule has 3 heteroatoms. The van der Waals surface area contributed by atoms with Gasteiger partial charge in [0.05, 0.1) is 4.70 Å². The third-order valence-electron chi connectivity index (χ3n) is 2.31. The van der Waals surface area contributed by atoms with Crippen LogP contribution in [0.5, 0.6) is 0 Å². The predicted molar refractivity (Wildman–Crippen MR) is 61.1 cm³/mol. The zero-order valence-electron chi connectivity index (χ0n) is 8.17. The smallest absolute Gasteiger partial charge is 0.266 e. The lowest BCUT2D eigenvalue weighted by molar-refractivity contribution is 0.776. The first-order chi connectivity index (χ1) is 6.81. The first kappa shape index (κ1) is 9.46. The maximum atomic E-state index is 11.6. The Morgan fingerprint density at radius 3 is 3.14 bits per heavy atom. The fraction of sp³-hybridized carbons (Fsp3) is 0.364. The summed E-state index contributed by atoms with van der Waals surface area (Å²) in [4.78, 5) is 14.5. The lowest BCUT2D eigenvalue weighted by Crippen LogP contribution is -2.07. The van der Waals surface area contributed by atoms with E-state index >= 15 is 0 Å². The number of hydrogen-bond donors (Lipinski definition) is 1. The molecule has 0 aliphatic carbocycles. The predicted octanol–water partition coefficient (Wildman–Crippen LogP) is 2.93. The van der Waals surface area contributed by atoms with Crippen molar-refractivity contribution >= 4 is 21.4 Å². The molecule has 0 unspecified atom stereocenters. The van der Waals surface area contributed by atoms with Gasteiger partial charge in [0.1, 0.15) is 0 Å². The molecule has 0 atom stereocenters. The maximum Gasteiger partial charge on any atom is 0.266 e. The molecule has 0 fully saturated rings. The monoisotopic (exact) mass is 207 g/mol. The van der Waals surface area contributed by atoms with E-state index in [-0.39, 0.29) is 5.56 Å². The Labute approximate surface area is 86.6 Å². The van der Waals surface area contributed by atoms with Crippen molar-refractivity contribution in [2.75, 3.05) is 0 Å². The van der Waals surface area contributed by atoms with E-state index in [1.807, 2.05) is 11.4 Å². The minimum absolute atomic E-state index is 0.0589. The van der Waals surface area contributed by atoms with Gasteiger partial charge in [-0.1, -0.05) is 13.3 Å². The number of nitrogens with one attached hydrogen (secondary N) is 1. The van der Waals surface area contributed by atoms with Crippen LogP contribution in [0.3, 0.4) is 0 Å². The second-order valence-electron chi connectivity index (χ2n) is 3.43. The van der Waals surface area contributed by atoms with Gasteiger partial charge >= 0.3 is 0 Å². The van der Waals surface area contributed by atoms with Gasteiger partial charge in [0.2, 0.25) is 0 Å².